The summed E-state index contributed by atoms with van der Waals surface area (Å²) in [5, 5.41) is 28.5. The van der Waals surface area contributed by atoms with Gasteiger partial charge >= 0.3 is 0 Å². The number of hydrogen-bond donors (Lipinski definition) is 3. The van der Waals surface area contributed by atoms with Crippen molar-refractivity contribution in [3.05, 3.63) is 84.3 Å². The highest BCUT2D eigenvalue weighted by Crippen LogP contribution is 2.36. The molecule has 1 aliphatic rings. The molecule has 5 rings (SSSR count). The number of anilines is 2. The molecule has 14 heteroatoms. The van der Waals surface area contributed by atoms with Gasteiger partial charge in [0, 0.05) is 24.8 Å². The molecule has 0 saturated carbocycles. The molecular formula is C27H28FIN8O4. The van der Waals surface area contributed by atoms with Crippen molar-refractivity contribution in [1.29, 1.82) is 0 Å². The Morgan fingerprint density at radius 2 is 2.05 bits per heavy atom. The number of ether oxygens (including phenoxy) is 2. The summed E-state index contributed by atoms with van der Waals surface area (Å²) in [6, 6.07) is 11.8. The van der Waals surface area contributed by atoms with Gasteiger partial charge in [-0.3, -0.25) is 8.11 Å². The average molecular weight is 674 g/mol. The number of halogens is 2. The summed E-state index contributed by atoms with van der Waals surface area (Å²) >= 11 is 2.08. The zero-order valence-electron chi connectivity index (χ0n) is 22.0. The maximum atomic E-state index is 13.7. The first-order valence-electron chi connectivity index (χ1n) is 12.7. The van der Waals surface area contributed by atoms with Crippen molar-refractivity contribution < 1.29 is 24.1 Å². The molecule has 3 aromatic heterocycles. The first-order chi connectivity index (χ1) is 19.9. The Labute approximate surface area is 249 Å². The third kappa shape index (κ3) is 7.02. The summed E-state index contributed by atoms with van der Waals surface area (Å²) in [6.45, 7) is 2.41. The number of hydrogen-bond acceptors (Lipinski definition) is 11. The Hall–Kier alpha value is -3.57. The lowest BCUT2D eigenvalue weighted by Crippen LogP contribution is -2.37. The van der Waals surface area contributed by atoms with Crippen LogP contribution >= 0.6 is 22.9 Å². The SMILES string of the molecule is CC=Nc1c(N[C@@H]2O[C@H](COCc3ccc(-n4cccn4)nc3)[C@@H](O)[C@H]2O)ncnc1N(I)Cc1cccc(F)c1. The minimum absolute atomic E-state index is 0.0431. The molecule has 1 aliphatic heterocycles. The molecule has 41 heavy (non-hydrogen) atoms. The lowest BCUT2D eigenvalue weighted by Gasteiger charge is -2.21. The van der Waals surface area contributed by atoms with Crippen molar-refractivity contribution in [2.75, 3.05) is 15.0 Å². The molecule has 0 unspecified atom stereocenters. The van der Waals surface area contributed by atoms with Crippen molar-refractivity contribution in [2.45, 2.75) is 44.6 Å². The zero-order valence-corrected chi connectivity index (χ0v) is 24.1. The predicted octanol–water partition coefficient (Wildman–Crippen LogP) is 3.35. The zero-order chi connectivity index (χ0) is 28.8. The van der Waals surface area contributed by atoms with E-state index < -0.39 is 24.5 Å². The van der Waals surface area contributed by atoms with E-state index in [-0.39, 0.29) is 19.0 Å². The lowest BCUT2D eigenvalue weighted by molar-refractivity contribution is -0.0435. The van der Waals surface area contributed by atoms with Crippen molar-refractivity contribution in [1.82, 2.24) is 24.7 Å². The van der Waals surface area contributed by atoms with Gasteiger partial charge in [-0.05, 0) is 42.3 Å². The summed E-state index contributed by atoms with van der Waals surface area (Å²) < 4.78 is 28.8. The van der Waals surface area contributed by atoms with Crippen LogP contribution < -0.4 is 8.43 Å². The van der Waals surface area contributed by atoms with Crippen molar-refractivity contribution >= 4 is 46.4 Å². The second-order valence-corrected chi connectivity index (χ2v) is 10.3. The van der Waals surface area contributed by atoms with E-state index in [2.05, 4.69) is 53.2 Å². The molecule has 0 aliphatic carbocycles. The second kappa shape index (κ2) is 13.4. The first kappa shape index (κ1) is 28.9. The van der Waals surface area contributed by atoms with Crippen LogP contribution in [0.3, 0.4) is 0 Å². The minimum Gasteiger partial charge on any atom is -0.387 e. The van der Waals surface area contributed by atoms with Crippen LogP contribution in [-0.2, 0) is 22.6 Å². The van der Waals surface area contributed by atoms with Gasteiger partial charge in [-0.25, -0.2) is 24.0 Å². The number of aliphatic hydroxyl groups is 2. The van der Waals surface area contributed by atoms with Gasteiger partial charge in [-0.1, -0.05) is 18.2 Å². The number of nitrogens with one attached hydrogen (secondary N) is 1. The molecule has 4 heterocycles. The summed E-state index contributed by atoms with van der Waals surface area (Å²) in [5.41, 5.74) is 1.99. The lowest BCUT2D eigenvalue weighted by atomic mass is 10.1. The predicted molar refractivity (Wildman–Crippen MR) is 158 cm³/mol. The fourth-order valence-corrected chi connectivity index (χ4v) is 4.99. The molecule has 1 fully saturated rings. The van der Waals surface area contributed by atoms with E-state index in [9.17, 15) is 14.6 Å². The van der Waals surface area contributed by atoms with Crippen molar-refractivity contribution in [3.63, 3.8) is 0 Å². The molecule has 214 valence electrons. The molecule has 0 bridgehead atoms. The second-order valence-electron chi connectivity index (χ2n) is 9.14. The average Bonchev–Trinajstić information content (AvgIpc) is 3.60. The van der Waals surface area contributed by atoms with Gasteiger partial charge < -0.3 is 25.0 Å². The topological polar surface area (TPSA) is 143 Å². The van der Waals surface area contributed by atoms with Crippen molar-refractivity contribution in [3.8, 4) is 5.82 Å². The van der Waals surface area contributed by atoms with E-state index in [1.54, 1.807) is 45.6 Å². The van der Waals surface area contributed by atoms with Crippen molar-refractivity contribution in [2.24, 2.45) is 4.99 Å². The van der Waals surface area contributed by atoms with Gasteiger partial charge in [-0.15, -0.1) is 0 Å². The highest BCUT2D eigenvalue weighted by Gasteiger charge is 2.43. The van der Waals surface area contributed by atoms with Crippen LogP contribution in [0.1, 0.15) is 18.1 Å². The van der Waals surface area contributed by atoms with E-state index in [4.69, 9.17) is 9.47 Å². The Morgan fingerprint density at radius 3 is 2.78 bits per heavy atom. The van der Waals surface area contributed by atoms with Gasteiger partial charge in [0.2, 0.25) is 0 Å². The molecule has 4 atom stereocenters. The Balaban J connectivity index is 1.21. The Bertz CT molecular complexity index is 1460. The van der Waals surface area contributed by atoms with E-state index >= 15 is 0 Å². The number of aliphatic imine (C=N–C) groups is 1. The maximum absolute atomic E-state index is 13.7. The molecule has 12 nitrogen and oxygen atoms in total. The first-order valence-corrected chi connectivity index (χ1v) is 13.7. The van der Waals surface area contributed by atoms with Gasteiger partial charge in [0.15, 0.2) is 23.7 Å². The normalized spacial score (nSPS) is 20.5. The highest BCUT2D eigenvalue weighted by atomic mass is 127. The van der Waals surface area contributed by atoms with Gasteiger partial charge in [0.05, 0.1) is 42.6 Å². The standard InChI is InChI=1S/C27H28FIN8O4/c1-2-30-22-25(32-16-33-26(22)36(29)13-17-5-3-6-19(28)11-17)35-27-24(39)23(38)20(41-27)15-40-14-18-7-8-21(31-12-18)37-10-4-9-34-37/h2-12,16,20,23-24,27,38-39H,13-15H2,1H3,(H,32,33,35)/t20-,23-,24-,27-/m1/s1. The molecule has 0 amide bonds. The van der Waals surface area contributed by atoms with E-state index in [0.29, 0.717) is 29.7 Å². The van der Waals surface area contributed by atoms with Gasteiger partial charge in [0.25, 0.3) is 0 Å². The number of rotatable bonds is 11. The maximum Gasteiger partial charge on any atom is 0.169 e. The number of nitrogens with zero attached hydrogens (tertiary/aromatic N) is 7. The quantitative estimate of drug-likeness (QED) is 0.123. The molecular weight excluding hydrogens is 646 g/mol. The summed E-state index contributed by atoms with van der Waals surface area (Å²) in [7, 11) is 0. The number of benzene rings is 1. The molecule has 1 saturated heterocycles. The number of aromatic nitrogens is 5. The van der Waals surface area contributed by atoms with Crippen LogP contribution in [0, 0.1) is 5.82 Å². The van der Waals surface area contributed by atoms with Gasteiger partial charge in [-0.2, -0.15) is 5.10 Å². The molecule has 3 N–H and O–H groups in total. The van der Waals surface area contributed by atoms with Crippen LogP contribution in [0.15, 0.2) is 72.4 Å². The third-order valence-electron chi connectivity index (χ3n) is 6.24. The molecule has 4 aromatic rings. The van der Waals surface area contributed by atoms with Gasteiger partial charge in [0.1, 0.15) is 36.1 Å². The largest absolute Gasteiger partial charge is 0.387 e. The third-order valence-corrected chi connectivity index (χ3v) is 7.04. The van der Waals surface area contributed by atoms with Crippen LogP contribution in [0.4, 0.5) is 21.7 Å². The fraction of sp³-hybridized carbons (Fsp3) is 0.296. The smallest absolute Gasteiger partial charge is 0.169 e. The van der Waals surface area contributed by atoms with E-state index in [1.807, 2.05) is 24.3 Å². The van der Waals surface area contributed by atoms with Crippen LogP contribution in [-0.4, -0.2) is 72.3 Å². The Kier molecular flexibility index (Phi) is 9.45. The van der Waals surface area contributed by atoms with E-state index in [0.717, 1.165) is 11.1 Å². The summed E-state index contributed by atoms with van der Waals surface area (Å²) in [6.07, 6.45) is 3.91. The van der Waals surface area contributed by atoms with E-state index in [1.165, 1.54) is 18.5 Å². The molecule has 1 aromatic carbocycles. The highest BCUT2D eigenvalue weighted by molar-refractivity contribution is 14.1. The molecule has 0 spiro atoms. The summed E-state index contributed by atoms with van der Waals surface area (Å²) in [5.74, 6) is 1.14. The fourth-order valence-electron chi connectivity index (χ4n) is 4.25. The van der Waals surface area contributed by atoms with Crippen LogP contribution in [0.5, 0.6) is 0 Å². The minimum atomic E-state index is -1.25. The number of aliphatic hydroxyl groups excluding tert-OH is 2. The number of pyridine rings is 1. The van der Waals surface area contributed by atoms with Crippen LogP contribution in [0.25, 0.3) is 5.82 Å². The molecule has 0 radical (unpaired) electrons. The van der Waals surface area contributed by atoms with Crippen LogP contribution in [0.2, 0.25) is 0 Å². The monoisotopic (exact) mass is 674 g/mol. The summed E-state index contributed by atoms with van der Waals surface area (Å²) in [4.78, 5) is 17.5. The Morgan fingerprint density at radius 1 is 1.17 bits per heavy atom.